The second-order valence-corrected chi connectivity index (χ2v) is 11.8. The molecular weight excluding hydrogens is 459 g/mol. The highest BCUT2D eigenvalue weighted by molar-refractivity contribution is 9.10. The smallest absolute Gasteiger partial charge is 0.399 e. The van der Waals surface area contributed by atoms with Gasteiger partial charge < -0.3 is 9.31 Å². The van der Waals surface area contributed by atoms with Gasteiger partial charge in [0.1, 0.15) is 0 Å². The highest BCUT2D eigenvalue weighted by Crippen LogP contribution is 2.52. The van der Waals surface area contributed by atoms with Crippen molar-refractivity contribution in [3.05, 3.63) is 52.0 Å². The minimum absolute atomic E-state index is 0.0128. The van der Waals surface area contributed by atoms with Crippen LogP contribution in [0.1, 0.15) is 97.6 Å². The van der Waals surface area contributed by atoms with Crippen molar-refractivity contribution < 1.29 is 9.31 Å². The number of unbranched alkanes of at least 4 members (excludes halogenated alkanes) is 5. The van der Waals surface area contributed by atoms with Crippen LogP contribution in [0.2, 0.25) is 0 Å². The Morgan fingerprint density at radius 2 is 1.31 bits per heavy atom. The Balaban J connectivity index is 1.65. The summed E-state index contributed by atoms with van der Waals surface area (Å²) in [4.78, 5) is 0. The topological polar surface area (TPSA) is 18.5 Å². The third-order valence-corrected chi connectivity index (χ3v) is 8.55. The number of hydrogen-bond donors (Lipinski definition) is 0. The molecule has 0 amide bonds. The predicted molar refractivity (Wildman–Crippen MR) is 140 cm³/mol. The lowest BCUT2D eigenvalue weighted by Gasteiger charge is -2.32. The van der Waals surface area contributed by atoms with Crippen LogP contribution in [0.15, 0.2) is 40.9 Å². The largest absolute Gasteiger partial charge is 0.494 e. The first-order chi connectivity index (χ1) is 15.1. The molecule has 1 aliphatic carbocycles. The molecule has 0 aromatic heterocycles. The zero-order chi connectivity index (χ0) is 23.1. The van der Waals surface area contributed by atoms with E-state index in [0.717, 1.165) is 9.94 Å². The summed E-state index contributed by atoms with van der Waals surface area (Å²) in [5.41, 5.74) is 6.09. The zero-order valence-electron chi connectivity index (χ0n) is 20.7. The van der Waals surface area contributed by atoms with Crippen molar-refractivity contribution in [2.75, 3.05) is 0 Å². The molecule has 0 N–H and O–H groups in total. The Bertz CT molecular complexity index is 967. The first-order valence-corrected chi connectivity index (χ1v) is 13.2. The van der Waals surface area contributed by atoms with Crippen LogP contribution < -0.4 is 5.46 Å². The van der Waals surface area contributed by atoms with E-state index in [1.165, 1.54) is 67.2 Å². The van der Waals surface area contributed by atoms with Crippen LogP contribution >= 0.6 is 15.9 Å². The van der Waals surface area contributed by atoms with Crippen LogP contribution in [0.5, 0.6) is 0 Å². The van der Waals surface area contributed by atoms with Gasteiger partial charge in [-0.25, -0.2) is 0 Å². The lowest BCUT2D eigenvalue weighted by Crippen LogP contribution is -2.41. The molecule has 2 aromatic rings. The molecular formula is C28H38BBrO2. The standard InChI is InChI=1S/C28H38BBrO2/c1-7-8-9-10-11-12-17-28(6)24-18-20(29-31-26(2,3)27(4,5)32-29)13-15-22(24)23-16-14-21(30)19-25(23)28/h13-16,18-19H,7-12,17H2,1-6H3. The molecule has 32 heavy (non-hydrogen) atoms. The molecule has 1 saturated heterocycles. The summed E-state index contributed by atoms with van der Waals surface area (Å²) >= 11 is 3.72. The molecule has 1 unspecified atom stereocenters. The van der Waals surface area contributed by atoms with Gasteiger partial charge in [-0.2, -0.15) is 0 Å². The van der Waals surface area contributed by atoms with E-state index < -0.39 is 0 Å². The minimum Gasteiger partial charge on any atom is -0.399 e. The molecule has 0 saturated carbocycles. The van der Waals surface area contributed by atoms with Gasteiger partial charge in [0.15, 0.2) is 0 Å². The van der Waals surface area contributed by atoms with Gasteiger partial charge in [0.25, 0.3) is 0 Å². The second kappa shape index (κ2) is 8.93. The molecule has 4 heteroatoms. The van der Waals surface area contributed by atoms with E-state index in [0.29, 0.717) is 0 Å². The van der Waals surface area contributed by atoms with Crippen LogP contribution in [-0.4, -0.2) is 18.3 Å². The van der Waals surface area contributed by atoms with Crippen LogP contribution in [0.4, 0.5) is 0 Å². The van der Waals surface area contributed by atoms with E-state index in [-0.39, 0.29) is 23.7 Å². The van der Waals surface area contributed by atoms with Crippen LogP contribution in [0, 0.1) is 0 Å². The van der Waals surface area contributed by atoms with Crippen molar-refractivity contribution in [1.82, 2.24) is 0 Å². The molecule has 2 aliphatic rings. The van der Waals surface area contributed by atoms with E-state index in [2.05, 4.69) is 93.9 Å². The maximum Gasteiger partial charge on any atom is 0.494 e. The Hall–Kier alpha value is -1.10. The van der Waals surface area contributed by atoms with Gasteiger partial charge in [0.2, 0.25) is 0 Å². The molecule has 1 atom stereocenters. The first-order valence-electron chi connectivity index (χ1n) is 12.4. The van der Waals surface area contributed by atoms with Crippen LogP contribution in [0.25, 0.3) is 11.1 Å². The van der Waals surface area contributed by atoms with Crippen molar-refractivity contribution in [2.45, 2.75) is 103 Å². The highest BCUT2D eigenvalue weighted by Gasteiger charge is 2.52. The van der Waals surface area contributed by atoms with Crippen LogP contribution in [0.3, 0.4) is 0 Å². The van der Waals surface area contributed by atoms with Crippen LogP contribution in [-0.2, 0) is 14.7 Å². The third kappa shape index (κ3) is 4.23. The molecule has 2 aromatic carbocycles. The molecule has 4 rings (SSSR count). The quantitative estimate of drug-likeness (QED) is 0.274. The number of benzene rings is 2. The van der Waals surface area contributed by atoms with E-state index in [1.807, 2.05) is 0 Å². The first kappa shape index (κ1) is 24.0. The maximum atomic E-state index is 6.38. The number of fused-ring (bicyclic) bond motifs is 3. The normalized spacial score (nSPS) is 22.8. The van der Waals surface area contributed by atoms with E-state index in [1.54, 1.807) is 0 Å². The maximum absolute atomic E-state index is 6.38. The van der Waals surface area contributed by atoms with Gasteiger partial charge in [0.05, 0.1) is 11.2 Å². The molecule has 0 radical (unpaired) electrons. The Kier molecular flexibility index (Phi) is 6.71. The summed E-state index contributed by atoms with van der Waals surface area (Å²) in [7, 11) is -0.320. The average Bonchev–Trinajstić information content (AvgIpc) is 3.11. The third-order valence-electron chi connectivity index (χ3n) is 8.06. The van der Waals surface area contributed by atoms with Crippen molar-refractivity contribution in [1.29, 1.82) is 0 Å². The molecule has 1 heterocycles. The Morgan fingerprint density at radius 3 is 1.97 bits per heavy atom. The van der Waals surface area contributed by atoms with Gasteiger partial charge in [-0.15, -0.1) is 0 Å². The molecule has 1 aliphatic heterocycles. The van der Waals surface area contributed by atoms with E-state index in [4.69, 9.17) is 9.31 Å². The highest BCUT2D eigenvalue weighted by atomic mass is 79.9. The summed E-state index contributed by atoms with van der Waals surface area (Å²) in [6, 6.07) is 13.6. The molecule has 1 fully saturated rings. The van der Waals surface area contributed by atoms with Gasteiger partial charge in [-0.05, 0) is 74.0 Å². The lowest BCUT2D eigenvalue weighted by atomic mass is 9.72. The Morgan fingerprint density at radius 1 is 0.750 bits per heavy atom. The fraction of sp³-hybridized carbons (Fsp3) is 0.571. The molecule has 0 bridgehead atoms. The van der Waals surface area contributed by atoms with Crippen molar-refractivity contribution in [2.24, 2.45) is 0 Å². The van der Waals surface area contributed by atoms with Crippen molar-refractivity contribution in [3.63, 3.8) is 0 Å². The molecule has 0 spiro atoms. The Labute approximate surface area is 203 Å². The van der Waals surface area contributed by atoms with Gasteiger partial charge in [-0.1, -0.05) is 92.6 Å². The number of rotatable bonds is 8. The SMILES string of the molecule is CCCCCCCCC1(C)c2cc(Br)ccc2-c2ccc(B3OC(C)(C)C(C)(C)O3)cc21. The predicted octanol–water partition coefficient (Wildman–Crippen LogP) is 7.79. The van der Waals surface area contributed by atoms with E-state index >= 15 is 0 Å². The summed E-state index contributed by atoms with van der Waals surface area (Å²) in [6.07, 6.45) is 9.09. The minimum atomic E-state index is -0.327. The number of halogens is 1. The molecule has 2 nitrogen and oxygen atoms in total. The van der Waals surface area contributed by atoms with Gasteiger partial charge >= 0.3 is 7.12 Å². The fourth-order valence-electron chi connectivity index (χ4n) is 5.26. The monoisotopic (exact) mass is 496 g/mol. The van der Waals surface area contributed by atoms with Crippen molar-refractivity contribution >= 4 is 28.5 Å². The molecule has 172 valence electrons. The van der Waals surface area contributed by atoms with Gasteiger partial charge in [0, 0.05) is 9.89 Å². The van der Waals surface area contributed by atoms with E-state index in [9.17, 15) is 0 Å². The summed E-state index contributed by atoms with van der Waals surface area (Å²) < 4.78 is 13.9. The zero-order valence-corrected chi connectivity index (χ0v) is 22.3. The number of hydrogen-bond acceptors (Lipinski definition) is 2. The van der Waals surface area contributed by atoms with Crippen molar-refractivity contribution in [3.8, 4) is 11.1 Å². The summed E-state index contributed by atoms with van der Waals surface area (Å²) in [5, 5.41) is 0. The summed E-state index contributed by atoms with van der Waals surface area (Å²) in [6.45, 7) is 13.2. The average molecular weight is 497 g/mol. The summed E-state index contributed by atoms with van der Waals surface area (Å²) in [5.74, 6) is 0. The van der Waals surface area contributed by atoms with Gasteiger partial charge in [-0.3, -0.25) is 0 Å². The second-order valence-electron chi connectivity index (χ2n) is 10.9. The lowest BCUT2D eigenvalue weighted by molar-refractivity contribution is 0.00578. The fourth-order valence-corrected chi connectivity index (χ4v) is 5.62.